The molecule has 1 N–H and O–H groups in total. The molecule has 0 aromatic heterocycles. The monoisotopic (exact) mass is 314 g/mol. The molecule has 2 aliphatic heterocycles. The lowest BCUT2D eigenvalue weighted by atomic mass is 9.68. The summed E-state index contributed by atoms with van der Waals surface area (Å²) in [5.74, 6) is 0.704. The summed E-state index contributed by atoms with van der Waals surface area (Å²) in [6, 6.07) is 12.1. The molecule has 3 fully saturated rings. The zero-order valence-electron chi connectivity index (χ0n) is 14.2. The standard InChI is InChI=1S/C20H30N2O/c23-13-12-21-10-8-20(9-11-21)14-18(17-4-2-1-3-5-17)15-22(16-20)19-6-7-19/h1-5,18-19,23H,6-16H2/t18-/m0/s1. The van der Waals surface area contributed by atoms with Crippen LogP contribution in [0.15, 0.2) is 30.3 Å². The van der Waals surface area contributed by atoms with Gasteiger partial charge in [0.2, 0.25) is 0 Å². The quantitative estimate of drug-likeness (QED) is 0.926. The maximum absolute atomic E-state index is 9.18. The molecule has 1 aromatic rings. The molecule has 3 nitrogen and oxygen atoms in total. The second-order valence-corrected chi connectivity index (χ2v) is 8.04. The van der Waals surface area contributed by atoms with Gasteiger partial charge in [0.1, 0.15) is 0 Å². The fourth-order valence-electron chi connectivity index (χ4n) is 4.85. The number of hydrogen-bond acceptors (Lipinski definition) is 3. The van der Waals surface area contributed by atoms with Crippen molar-refractivity contribution in [2.75, 3.05) is 39.3 Å². The van der Waals surface area contributed by atoms with Crippen LogP contribution in [0.2, 0.25) is 0 Å². The first-order chi connectivity index (χ1) is 11.3. The van der Waals surface area contributed by atoms with Gasteiger partial charge < -0.3 is 10.0 Å². The van der Waals surface area contributed by atoms with Crippen LogP contribution in [0.25, 0.3) is 0 Å². The second-order valence-electron chi connectivity index (χ2n) is 8.04. The van der Waals surface area contributed by atoms with Gasteiger partial charge in [0.15, 0.2) is 0 Å². The molecule has 0 bridgehead atoms. The summed E-state index contributed by atoms with van der Waals surface area (Å²) in [7, 11) is 0. The third-order valence-electron chi connectivity index (χ3n) is 6.34. The summed E-state index contributed by atoms with van der Waals surface area (Å²) in [5, 5.41) is 9.18. The van der Waals surface area contributed by atoms with Crippen molar-refractivity contribution in [1.82, 2.24) is 9.80 Å². The Kier molecular flexibility index (Phi) is 4.44. The first-order valence-corrected chi connectivity index (χ1v) is 9.40. The fourth-order valence-corrected chi connectivity index (χ4v) is 4.85. The van der Waals surface area contributed by atoms with E-state index in [9.17, 15) is 5.11 Å². The molecule has 0 amide bonds. The molecule has 3 aliphatic rings. The average molecular weight is 314 g/mol. The predicted molar refractivity (Wildman–Crippen MR) is 93.6 cm³/mol. The van der Waals surface area contributed by atoms with Gasteiger partial charge in [-0.3, -0.25) is 4.90 Å². The molecule has 1 aliphatic carbocycles. The van der Waals surface area contributed by atoms with Crippen molar-refractivity contribution in [2.24, 2.45) is 5.41 Å². The van der Waals surface area contributed by atoms with Gasteiger partial charge in [0, 0.05) is 25.7 Å². The molecule has 0 radical (unpaired) electrons. The van der Waals surface area contributed by atoms with Crippen LogP contribution in [0.4, 0.5) is 0 Å². The summed E-state index contributed by atoms with van der Waals surface area (Å²) in [6.07, 6.45) is 6.79. The van der Waals surface area contributed by atoms with Crippen molar-refractivity contribution in [1.29, 1.82) is 0 Å². The molecule has 4 rings (SSSR count). The van der Waals surface area contributed by atoms with E-state index in [4.69, 9.17) is 0 Å². The minimum atomic E-state index is 0.299. The van der Waals surface area contributed by atoms with E-state index in [-0.39, 0.29) is 0 Å². The topological polar surface area (TPSA) is 26.7 Å². The number of nitrogens with zero attached hydrogens (tertiary/aromatic N) is 2. The molecule has 1 saturated carbocycles. The Morgan fingerprint density at radius 1 is 1.09 bits per heavy atom. The lowest BCUT2D eigenvalue weighted by Gasteiger charge is -2.50. The van der Waals surface area contributed by atoms with Gasteiger partial charge in [-0.15, -0.1) is 0 Å². The van der Waals surface area contributed by atoms with E-state index in [1.54, 1.807) is 0 Å². The fraction of sp³-hybridized carbons (Fsp3) is 0.700. The first-order valence-electron chi connectivity index (χ1n) is 9.40. The van der Waals surface area contributed by atoms with Crippen LogP contribution in [0.5, 0.6) is 0 Å². The molecule has 1 atom stereocenters. The van der Waals surface area contributed by atoms with Crippen molar-refractivity contribution in [3.8, 4) is 0 Å². The van der Waals surface area contributed by atoms with E-state index < -0.39 is 0 Å². The Morgan fingerprint density at radius 3 is 2.48 bits per heavy atom. The number of rotatable bonds is 4. The predicted octanol–water partition coefficient (Wildman–Crippen LogP) is 2.71. The van der Waals surface area contributed by atoms with Gasteiger partial charge in [0.25, 0.3) is 0 Å². The Labute approximate surface area is 140 Å². The lowest BCUT2D eigenvalue weighted by molar-refractivity contribution is 0.00692. The zero-order chi connectivity index (χ0) is 15.7. The van der Waals surface area contributed by atoms with E-state index >= 15 is 0 Å². The highest BCUT2D eigenvalue weighted by molar-refractivity contribution is 5.22. The van der Waals surface area contributed by atoms with Crippen LogP contribution in [-0.2, 0) is 0 Å². The lowest BCUT2D eigenvalue weighted by Crippen LogP contribution is -2.52. The maximum Gasteiger partial charge on any atom is 0.0558 e. The number of aliphatic hydroxyl groups excluding tert-OH is 1. The van der Waals surface area contributed by atoms with E-state index in [1.807, 2.05) is 0 Å². The van der Waals surface area contributed by atoms with Gasteiger partial charge in [-0.1, -0.05) is 30.3 Å². The largest absolute Gasteiger partial charge is 0.395 e. The summed E-state index contributed by atoms with van der Waals surface area (Å²) in [4.78, 5) is 5.25. The molecular formula is C20H30N2O. The highest BCUT2D eigenvalue weighted by Gasteiger charge is 2.45. The third kappa shape index (κ3) is 3.47. The van der Waals surface area contributed by atoms with E-state index in [0.29, 0.717) is 17.9 Å². The molecule has 2 saturated heterocycles. The highest BCUT2D eigenvalue weighted by atomic mass is 16.3. The zero-order valence-corrected chi connectivity index (χ0v) is 14.2. The number of hydrogen-bond donors (Lipinski definition) is 1. The van der Waals surface area contributed by atoms with Crippen LogP contribution in [-0.4, -0.2) is 60.3 Å². The highest BCUT2D eigenvalue weighted by Crippen LogP contribution is 2.47. The smallest absolute Gasteiger partial charge is 0.0558 e. The molecular weight excluding hydrogens is 284 g/mol. The second kappa shape index (κ2) is 6.54. The normalized spacial score (nSPS) is 29.0. The van der Waals surface area contributed by atoms with Crippen molar-refractivity contribution >= 4 is 0 Å². The molecule has 0 unspecified atom stereocenters. The first kappa shape index (κ1) is 15.6. The third-order valence-corrected chi connectivity index (χ3v) is 6.34. The molecule has 3 heteroatoms. The number of β-amino-alcohol motifs (C(OH)–C–C–N with tert-alkyl or cyclic N) is 1. The van der Waals surface area contributed by atoms with Gasteiger partial charge in [0.05, 0.1) is 6.61 Å². The Bertz CT molecular complexity index is 506. The van der Waals surface area contributed by atoms with Gasteiger partial charge in [-0.05, 0) is 62.1 Å². The summed E-state index contributed by atoms with van der Waals surface area (Å²) >= 11 is 0. The number of aliphatic hydroxyl groups is 1. The van der Waals surface area contributed by atoms with Gasteiger partial charge in [-0.2, -0.15) is 0 Å². The van der Waals surface area contributed by atoms with E-state index in [1.165, 1.54) is 63.8 Å². The van der Waals surface area contributed by atoms with Crippen LogP contribution in [0, 0.1) is 5.41 Å². The van der Waals surface area contributed by atoms with E-state index in [0.717, 1.165) is 12.6 Å². The van der Waals surface area contributed by atoms with Crippen LogP contribution in [0.1, 0.15) is 43.6 Å². The minimum Gasteiger partial charge on any atom is -0.395 e. The molecule has 23 heavy (non-hydrogen) atoms. The molecule has 1 aromatic carbocycles. The van der Waals surface area contributed by atoms with Crippen LogP contribution in [0.3, 0.4) is 0 Å². The van der Waals surface area contributed by atoms with Crippen molar-refractivity contribution in [3.05, 3.63) is 35.9 Å². The summed E-state index contributed by atoms with van der Waals surface area (Å²) < 4.78 is 0. The summed E-state index contributed by atoms with van der Waals surface area (Å²) in [5.41, 5.74) is 2.04. The van der Waals surface area contributed by atoms with Crippen LogP contribution < -0.4 is 0 Å². The maximum atomic E-state index is 9.18. The number of piperidine rings is 2. The minimum absolute atomic E-state index is 0.299. The van der Waals surface area contributed by atoms with E-state index in [2.05, 4.69) is 40.1 Å². The number of benzene rings is 1. The van der Waals surface area contributed by atoms with Gasteiger partial charge >= 0.3 is 0 Å². The Balaban J connectivity index is 1.50. The Hall–Kier alpha value is -0.900. The van der Waals surface area contributed by atoms with Gasteiger partial charge in [-0.25, -0.2) is 0 Å². The molecule has 126 valence electrons. The van der Waals surface area contributed by atoms with Crippen molar-refractivity contribution < 1.29 is 5.11 Å². The molecule has 2 heterocycles. The van der Waals surface area contributed by atoms with Crippen molar-refractivity contribution in [3.63, 3.8) is 0 Å². The SMILES string of the molecule is OCCN1CCC2(CC1)C[C@H](c1ccccc1)CN(C1CC1)C2. The average Bonchev–Trinajstić information content (AvgIpc) is 3.43. The van der Waals surface area contributed by atoms with Crippen molar-refractivity contribution in [2.45, 2.75) is 44.1 Å². The summed E-state index contributed by atoms with van der Waals surface area (Å²) in [6.45, 7) is 6.06. The van der Waals surface area contributed by atoms with Crippen LogP contribution >= 0.6 is 0 Å². The number of likely N-dealkylation sites (tertiary alicyclic amines) is 2. The Morgan fingerprint density at radius 2 is 1.83 bits per heavy atom. The molecule has 1 spiro atoms.